The molecule has 0 unspecified atom stereocenters. The van der Waals surface area contributed by atoms with Gasteiger partial charge < -0.3 is 5.21 Å². The van der Waals surface area contributed by atoms with E-state index in [1.54, 1.807) is 0 Å². The highest BCUT2D eigenvalue weighted by Gasteiger charge is 2.11. The average Bonchev–Trinajstić information content (AvgIpc) is 2.20. The van der Waals surface area contributed by atoms with Gasteiger partial charge in [-0.2, -0.15) is 0 Å². The molecule has 0 aliphatic rings. The molecule has 0 aromatic carbocycles. The number of hydrogen-bond acceptors (Lipinski definition) is 5. The second-order valence-corrected chi connectivity index (χ2v) is 1.54. The maximum atomic E-state index is 10.4. The molecule has 0 bridgehead atoms. The largest absolute Gasteiger partial charge is 0.359 e. The number of hydrogen-bond donors (Lipinski definition) is 0. The summed E-state index contributed by atoms with van der Waals surface area (Å²) < 4.78 is 4.09. The average molecular weight is 141 g/mol. The van der Waals surface area contributed by atoms with Crippen LogP contribution in [0.4, 0.5) is 5.82 Å². The zero-order chi connectivity index (χ0) is 7.56. The summed E-state index contributed by atoms with van der Waals surface area (Å²) in [4.78, 5) is 12.9. The summed E-state index contributed by atoms with van der Waals surface area (Å²) >= 11 is 0. The predicted octanol–water partition coefficient (Wildman–Crippen LogP) is -0.416. The first-order valence-electron chi connectivity index (χ1n) is 2.40. The van der Waals surface area contributed by atoms with Gasteiger partial charge in [-0.1, -0.05) is 0 Å². The van der Waals surface area contributed by atoms with Gasteiger partial charge >= 0.3 is 5.82 Å². The van der Waals surface area contributed by atoms with Crippen LogP contribution in [0.3, 0.4) is 0 Å². The van der Waals surface area contributed by atoms with E-state index in [0.717, 1.165) is 0 Å². The normalized spacial score (nSPS) is 8.90. The Labute approximate surface area is 55.3 Å². The summed E-state index contributed by atoms with van der Waals surface area (Å²) in [6, 6.07) is 0. The zero-order valence-corrected chi connectivity index (χ0v) is 5.07. The quantitative estimate of drug-likeness (QED) is 0.302. The first-order chi connectivity index (χ1) is 4.75. The first kappa shape index (κ1) is 6.44. The van der Waals surface area contributed by atoms with Crippen LogP contribution >= 0.6 is 0 Å². The standard InChI is InChI=1S/C4H3N3O3/c1-3-4(5-2-8)6-10-7(3)9/h1H3. The number of aliphatic imine (C=N–C) groups is 1. The Balaban J connectivity index is 3.17. The third kappa shape index (κ3) is 0.872. The van der Waals surface area contributed by atoms with Gasteiger partial charge in [-0.15, -0.1) is 4.99 Å². The van der Waals surface area contributed by atoms with Crippen molar-refractivity contribution in [3.63, 3.8) is 0 Å². The van der Waals surface area contributed by atoms with Crippen LogP contribution in [0.2, 0.25) is 0 Å². The lowest BCUT2D eigenvalue weighted by Crippen LogP contribution is -2.25. The van der Waals surface area contributed by atoms with E-state index >= 15 is 0 Å². The van der Waals surface area contributed by atoms with Gasteiger partial charge in [0.05, 0.1) is 5.16 Å². The molecule has 0 atom stereocenters. The Morgan fingerprint density at radius 3 is 3.00 bits per heavy atom. The first-order valence-corrected chi connectivity index (χ1v) is 2.40. The molecule has 0 amide bonds. The Morgan fingerprint density at radius 1 is 1.90 bits per heavy atom. The lowest BCUT2D eigenvalue weighted by atomic mass is 10.5. The van der Waals surface area contributed by atoms with Gasteiger partial charge in [0.1, 0.15) is 0 Å². The molecule has 0 aliphatic carbocycles. The van der Waals surface area contributed by atoms with Crippen molar-refractivity contribution < 1.29 is 14.3 Å². The molecular weight excluding hydrogens is 138 g/mol. The van der Waals surface area contributed by atoms with Crippen molar-refractivity contribution in [1.82, 2.24) is 5.16 Å². The van der Waals surface area contributed by atoms with Crippen molar-refractivity contribution in [2.75, 3.05) is 0 Å². The predicted molar refractivity (Wildman–Crippen MR) is 28.0 cm³/mol. The van der Waals surface area contributed by atoms with Crippen molar-refractivity contribution in [2.24, 2.45) is 4.99 Å². The minimum atomic E-state index is -0.0370. The smallest absolute Gasteiger partial charge is 0.346 e. The number of carbonyl (C=O) groups excluding carboxylic acids is 1. The molecule has 0 radical (unpaired) electrons. The molecule has 6 heteroatoms. The van der Waals surface area contributed by atoms with E-state index in [4.69, 9.17) is 0 Å². The summed E-state index contributed by atoms with van der Waals surface area (Å²) in [6.45, 7) is 1.43. The van der Waals surface area contributed by atoms with Crippen LogP contribution in [-0.4, -0.2) is 11.2 Å². The molecule has 0 saturated carbocycles. The fourth-order valence-corrected chi connectivity index (χ4v) is 0.429. The fourth-order valence-electron chi connectivity index (χ4n) is 0.429. The van der Waals surface area contributed by atoms with Crippen LogP contribution in [0.25, 0.3) is 0 Å². The van der Waals surface area contributed by atoms with Crippen molar-refractivity contribution in [1.29, 1.82) is 0 Å². The minimum absolute atomic E-state index is 0.0370. The molecule has 1 heterocycles. The van der Waals surface area contributed by atoms with Crippen molar-refractivity contribution in [3.8, 4) is 0 Å². The molecule has 0 aliphatic heterocycles. The van der Waals surface area contributed by atoms with Crippen LogP contribution in [0.5, 0.6) is 0 Å². The van der Waals surface area contributed by atoms with Crippen molar-refractivity contribution in [2.45, 2.75) is 6.92 Å². The summed E-state index contributed by atoms with van der Waals surface area (Å²) in [5, 5.41) is 13.6. The topological polar surface area (TPSA) is 82.4 Å². The molecule has 1 rings (SSSR count). The van der Waals surface area contributed by atoms with Crippen molar-refractivity contribution >= 4 is 11.9 Å². The maximum absolute atomic E-state index is 10.4. The van der Waals surface area contributed by atoms with E-state index in [1.807, 2.05) is 0 Å². The fraction of sp³-hybridized carbons (Fsp3) is 0.250. The lowest BCUT2D eigenvalue weighted by Gasteiger charge is -1.81. The molecule has 0 saturated heterocycles. The van der Waals surface area contributed by atoms with Gasteiger partial charge in [0.25, 0.3) is 0 Å². The third-order valence-electron chi connectivity index (χ3n) is 0.950. The number of isocyanates is 1. The number of rotatable bonds is 1. The molecule has 0 N–H and O–H groups in total. The molecule has 6 nitrogen and oxygen atoms in total. The number of nitrogens with zero attached hydrogens (tertiary/aromatic N) is 3. The van der Waals surface area contributed by atoms with E-state index in [2.05, 4.69) is 14.8 Å². The van der Waals surface area contributed by atoms with Crippen LogP contribution in [0.15, 0.2) is 9.62 Å². The Kier molecular flexibility index (Phi) is 1.47. The summed E-state index contributed by atoms with van der Waals surface area (Å²) in [6.07, 6.45) is 1.24. The summed E-state index contributed by atoms with van der Waals surface area (Å²) in [5.74, 6) is -0.0370. The molecular formula is C4H3N3O3. The maximum Gasteiger partial charge on any atom is 0.346 e. The van der Waals surface area contributed by atoms with Crippen LogP contribution < -0.4 is 4.90 Å². The monoisotopic (exact) mass is 141 g/mol. The summed E-state index contributed by atoms with van der Waals surface area (Å²) in [5.41, 5.74) is 0.142. The van der Waals surface area contributed by atoms with Gasteiger partial charge in [0.2, 0.25) is 11.8 Å². The van der Waals surface area contributed by atoms with E-state index in [9.17, 15) is 10.0 Å². The third-order valence-corrected chi connectivity index (χ3v) is 0.950. The van der Waals surface area contributed by atoms with Crippen molar-refractivity contribution in [3.05, 3.63) is 10.9 Å². The Morgan fingerprint density at radius 2 is 2.60 bits per heavy atom. The van der Waals surface area contributed by atoms with Crippen LogP contribution in [0.1, 0.15) is 5.69 Å². The molecule has 10 heavy (non-hydrogen) atoms. The SMILES string of the molecule is Cc1c(N=C=O)no[n+]1[O-]. The zero-order valence-electron chi connectivity index (χ0n) is 5.07. The summed E-state index contributed by atoms with van der Waals surface area (Å²) in [7, 11) is 0. The highest BCUT2D eigenvalue weighted by atomic mass is 16.8. The van der Waals surface area contributed by atoms with Crippen LogP contribution in [-0.2, 0) is 4.79 Å². The molecule has 0 fully saturated rings. The molecule has 1 aromatic heterocycles. The molecule has 0 spiro atoms. The second-order valence-electron chi connectivity index (χ2n) is 1.54. The van der Waals surface area contributed by atoms with Gasteiger partial charge in [-0.05, 0) is 4.90 Å². The molecule has 1 aromatic rings. The van der Waals surface area contributed by atoms with E-state index in [-0.39, 0.29) is 16.4 Å². The van der Waals surface area contributed by atoms with E-state index in [0.29, 0.717) is 0 Å². The Bertz CT molecular complexity index is 286. The van der Waals surface area contributed by atoms with E-state index in [1.165, 1.54) is 13.0 Å². The Hall–Kier alpha value is -1.68. The van der Waals surface area contributed by atoms with E-state index < -0.39 is 0 Å². The second kappa shape index (κ2) is 2.28. The highest BCUT2D eigenvalue weighted by molar-refractivity contribution is 5.44. The van der Waals surface area contributed by atoms with Gasteiger partial charge in [-0.25, -0.2) is 4.79 Å². The van der Waals surface area contributed by atoms with Crippen LogP contribution in [0, 0.1) is 12.1 Å². The van der Waals surface area contributed by atoms with Gasteiger partial charge in [0, 0.05) is 6.92 Å². The lowest BCUT2D eigenvalue weighted by molar-refractivity contribution is -0.806. The van der Waals surface area contributed by atoms with Gasteiger partial charge in [0.15, 0.2) is 0 Å². The highest BCUT2D eigenvalue weighted by Crippen LogP contribution is 2.07. The van der Waals surface area contributed by atoms with Gasteiger partial charge in [-0.3, -0.25) is 4.63 Å². The minimum Gasteiger partial charge on any atom is -0.359 e. The molecule has 52 valence electrons. The number of aromatic nitrogens is 2.